The number of benzene rings is 1. The van der Waals surface area contributed by atoms with E-state index in [0.29, 0.717) is 23.6 Å². The molecule has 0 radical (unpaired) electrons. The average Bonchev–Trinajstić information content (AvgIpc) is 2.55. The maximum absolute atomic E-state index is 11.2. The standard InChI is InChI=1S/C14H14N6O/c15-7-11-3-1-10(2-4-11)5-6-17-14-18-8-12(9-19-14)13(21)20-16/h1-4,8-9H,5-6,16H2,(H,20,21)(H,17,18,19). The minimum atomic E-state index is -0.431. The van der Waals surface area contributed by atoms with Gasteiger partial charge in [-0.2, -0.15) is 5.26 Å². The van der Waals surface area contributed by atoms with Crippen molar-refractivity contribution in [2.24, 2.45) is 5.84 Å². The molecule has 2 rings (SSSR count). The van der Waals surface area contributed by atoms with E-state index in [1.165, 1.54) is 12.4 Å². The number of aromatic nitrogens is 2. The van der Waals surface area contributed by atoms with Crippen LogP contribution in [0.5, 0.6) is 0 Å². The highest BCUT2D eigenvalue weighted by molar-refractivity contribution is 5.93. The molecule has 1 heterocycles. The van der Waals surface area contributed by atoms with Gasteiger partial charge in [-0.25, -0.2) is 15.8 Å². The zero-order valence-electron chi connectivity index (χ0n) is 11.2. The van der Waals surface area contributed by atoms with E-state index in [1.54, 1.807) is 12.1 Å². The third-order valence-corrected chi connectivity index (χ3v) is 2.82. The van der Waals surface area contributed by atoms with Crippen LogP contribution < -0.4 is 16.6 Å². The molecule has 0 aliphatic heterocycles. The van der Waals surface area contributed by atoms with E-state index in [2.05, 4.69) is 21.4 Å². The predicted octanol–water partition coefficient (Wildman–Crippen LogP) is 0.606. The van der Waals surface area contributed by atoms with Crippen molar-refractivity contribution in [3.05, 3.63) is 53.3 Å². The van der Waals surface area contributed by atoms with Crippen molar-refractivity contribution in [3.63, 3.8) is 0 Å². The van der Waals surface area contributed by atoms with Crippen molar-refractivity contribution in [3.8, 4) is 6.07 Å². The fourth-order valence-corrected chi connectivity index (χ4v) is 1.68. The number of anilines is 1. The Balaban J connectivity index is 1.85. The van der Waals surface area contributed by atoms with Gasteiger partial charge in [0.1, 0.15) is 0 Å². The summed E-state index contributed by atoms with van der Waals surface area (Å²) in [5, 5.41) is 11.8. The van der Waals surface area contributed by atoms with Gasteiger partial charge >= 0.3 is 0 Å². The number of nitrogens with zero attached hydrogens (tertiary/aromatic N) is 3. The van der Waals surface area contributed by atoms with E-state index in [9.17, 15) is 4.79 Å². The Morgan fingerprint density at radius 3 is 2.48 bits per heavy atom. The van der Waals surface area contributed by atoms with Crippen LogP contribution in [-0.2, 0) is 6.42 Å². The number of hydrogen-bond donors (Lipinski definition) is 3. The Morgan fingerprint density at radius 2 is 1.90 bits per heavy atom. The SMILES string of the molecule is N#Cc1ccc(CCNc2ncc(C(=O)NN)cn2)cc1. The van der Waals surface area contributed by atoms with Gasteiger partial charge in [0, 0.05) is 18.9 Å². The molecule has 0 aliphatic carbocycles. The minimum Gasteiger partial charge on any atom is -0.354 e. The van der Waals surface area contributed by atoms with Gasteiger partial charge in [-0.3, -0.25) is 10.2 Å². The Labute approximate surface area is 121 Å². The van der Waals surface area contributed by atoms with Crippen LogP contribution in [0.4, 0.5) is 5.95 Å². The first kappa shape index (κ1) is 14.4. The highest BCUT2D eigenvalue weighted by Crippen LogP contribution is 2.05. The number of amides is 1. The lowest BCUT2D eigenvalue weighted by atomic mass is 10.1. The molecular weight excluding hydrogens is 268 g/mol. The number of carbonyl (C=O) groups excluding carboxylic acids is 1. The van der Waals surface area contributed by atoms with Gasteiger partial charge < -0.3 is 5.32 Å². The molecule has 0 saturated heterocycles. The van der Waals surface area contributed by atoms with Crippen LogP contribution in [0.15, 0.2) is 36.7 Å². The molecule has 0 spiro atoms. The second-order valence-corrected chi connectivity index (χ2v) is 4.25. The molecule has 1 aromatic carbocycles. The minimum absolute atomic E-state index is 0.301. The van der Waals surface area contributed by atoms with Gasteiger partial charge in [0.15, 0.2) is 0 Å². The van der Waals surface area contributed by atoms with Gasteiger partial charge in [0.2, 0.25) is 5.95 Å². The summed E-state index contributed by atoms with van der Waals surface area (Å²) in [6, 6.07) is 9.47. The molecule has 1 amide bonds. The second-order valence-electron chi connectivity index (χ2n) is 4.25. The van der Waals surface area contributed by atoms with Crippen molar-refractivity contribution in [2.75, 3.05) is 11.9 Å². The van der Waals surface area contributed by atoms with E-state index in [-0.39, 0.29) is 0 Å². The van der Waals surface area contributed by atoms with Crippen molar-refractivity contribution < 1.29 is 4.79 Å². The largest absolute Gasteiger partial charge is 0.354 e. The van der Waals surface area contributed by atoms with Crippen molar-refractivity contribution in [2.45, 2.75) is 6.42 Å². The third kappa shape index (κ3) is 3.99. The zero-order valence-corrected chi connectivity index (χ0v) is 11.2. The monoisotopic (exact) mass is 282 g/mol. The predicted molar refractivity (Wildman–Crippen MR) is 77.0 cm³/mol. The third-order valence-electron chi connectivity index (χ3n) is 2.82. The number of nitrogen functional groups attached to an aromatic ring is 1. The smallest absolute Gasteiger partial charge is 0.268 e. The Hall–Kier alpha value is -2.98. The second kappa shape index (κ2) is 6.98. The maximum atomic E-state index is 11.2. The fraction of sp³-hybridized carbons (Fsp3) is 0.143. The van der Waals surface area contributed by atoms with E-state index in [1.807, 2.05) is 17.6 Å². The molecule has 2 aromatic rings. The number of nitriles is 1. The number of hydrogen-bond acceptors (Lipinski definition) is 6. The summed E-state index contributed by atoms with van der Waals surface area (Å²) < 4.78 is 0. The van der Waals surface area contributed by atoms with E-state index in [0.717, 1.165) is 12.0 Å². The van der Waals surface area contributed by atoms with E-state index in [4.69, 9.17) is 11.1 Å². The van der Waals surface area contributed by atoms with Crippen LogP contribution in [0, 0.1) is 11.3 Å². The van der Waals surface area contributed by atoms with Crippen LogP contribution in [0.1, 0.15) is 21.5 Å². The topological polar surface area (TPSA) is 117 Å². The lowest BCUT2D eigenvalue weighted by molar-refractivity contribution is 0.0953. The van der Waals surface area contributed by atoms with Crippen molar-refractivity contribution >= 4 is 11.9 Å². The first-order valence-corrected chi connectivity index (χ1v) is 6.29. The summed E-state index contributed by atoms with van der Waals surface area (Å²) in [6.07, 6.45) is 3.58. The maximum Gasteiger partial charge on any atom is 0.268 e. The molecule has 4 N–H and O–H groups in total. The first-order chi connectivity index (χ1) is 10.2. The van der Waals surface area contributed by atoms with Crippen LogP contribution in [0.25, 0.3) is 0 Å². The summed E-state index contributed by atoms with van der Waals surface area (Å²) >= 11 is 0. The molecule has 106 valence electrons. The average molecular weight is 282 g/mol. The molecule has 21 heavy (non-hydrogen) atoms. The Kier molecular flexibility index (Phi) is 4.79. The summed E-state index contributed by atoms with van der Waals surface area (Å²) in [4.78, 5) is 19.3. The van der Waals surface area contributed by atoms with Crippen molar-refractivity contribution in [1.82, 2.24) is 15.4 Å². The summed E-state index contributed by atoms with van der Waals surface area (Å²) in [5.41, 5.74) is 4.07. The van der Waals surface area contributed by atoms with Gasteiger partial charge in [0.25, 0.3) is 5.91 Å². The molecule has 7 heteroatoms. The Morgan fingerprint density at radius 1 is 1.24 bits per heavy atom. The van der Waals surface area contributed by atoms with Gasteiger partial charge in [-0.15, -0.1) is 0 Å². The molecule has 0 aliphatic rings. The number of carbonyl (C=O) groups is 1. The van der Waals surface area contributed by atoms with Crippen molar-refractivity contribution in [1.29, 1.82) is 5.26 Å². The first-order valence-electron chi connectivity index (χ1n) is 6.29. The molecule has 0 atom stereocenters. The molecule has 0 fully saturated rings. The molecule has 1 aromatic heterocycles. The number of hydrazine groups is 1. The summed E-state index contributed by atoms with van der Waals surface area (Å²) in [5.74, 6) is 5.03. The highest BCUT2D eigenvalue weighted by atomic mass is 16.2. The molecule has 0 saturated carbocycles. The van der Waals surface area contributed by atoms with Gasteiger partial charge in [0.05, 0.1) is 17.2 Å². The fourth-order valence-electron chi connectivity index (χ4n) is 1.68. The molecule has 0 unspecified atom stereocenters. The number of rotatable bonds is 5. The highest BCUT2D eigenvalue weighted by Gasteiger charge is 2.04. The van der Waals surface area contributed by atoms with Gasteiger partial charge in [-0.05, 0) is 24.1 Å². The normalized spacial score (nSPS) is 9.71. The van der Waals surface area contributed by atoms with Crippen LogP contribution in [-0.4, -0.2) is 22.4 Å². The Bertz CT molecular complexity index is 645. The summed E-state index contributed by atoms with van der Waals surface area (Å²) in [7, 11) is 0. The molecular formula is C14H14N6O. The number of nitrogens with two attached hydrogens (primary N) is 1. The van der Waals surface area contributed by atoms with Crippen LogP contribution in [0.2, 0.25) is 0 Å². The quantitative estimate of drug-likeness (QED) is 0.420. The summed E-state index contributed by atoms with van der Waals surface area (Å²) in [6.45, 7) is 0.647. The van der Waals surface area contributed by atoms with Gasteiger partial charge in [-0.1, -0.05) is 12.1 Å². The lowest BCUT2D eigenvalue weighted by Crippen LogP contribution is -2.30. The van der Waals surface area contributed by atoms with Crippen LogP contribution >= 0.6 is 0 Å². The zero-order chi connectivity index (χ0) is 15.1. The van der Waals surface area contributed by atoms with E-state index >= 15 is 0 Å². The van der Waals surface area contributed by atoms with Crippen LogP contribution in [0.3, 0.4) is 0 Å². The number of nitrogens with one attached hydrogen (secondary N) is 2. The molecule has 0 bridgehead atoms. The molecule has 7 nitrogen and oxygen atoms in total. The van der Waals surface area contributed by atoms with E-state index < -0.39 is 5.91 Å². The lowest BCUT2D eigenvalue weighted by Gasteiger charge is -2.05.